The third kappa shape index (κ3) is 4.91. The first-order chi connectivity index (χ1) is 18.8. The summed E-state index contributed by atoms with van der Waals surface area (Å²) in [6, 6.07) is 10.2. The molecule has 2 bridgehead atoms. The lowest BCUT2D eigenvalue weighted by atomic mass is 9.69. The van der Waals surface area contributed by atoms with Gasteiger partial charge in [0.05, 0.1) is 20.9 Å². The summed E-state index contributed by atoms with van der Waals surface area (Å²) in [6.07, 6.45) is 1.08. The number of hydrogen-bond donors (Lipinski definition) is 3. The van der Waals surface area contributed by atoms with E-state index in [2.05, 4.69) is 10.3 Å². The Bertz CT molecular complexity index is 1570. The maximum atomic E-state index is 13.9. The molecule has 6 atom stereocenters. The molecule has 0 spiro atoms. The van der Waals surface area contributed by atoms with Crippen molar-refractivity contribution in [2.75, 3.05) is 5.32 Å². The molecule has 0 aliphatic heterocycles. The van der Waals surface area contributed by atoms with Crippen molar-refractivity contribution in [2.45, 2.75) is 55.0 Å². The van der Waals surface area contributed by atoms with E-state index in [1.165, 1.54) is 24.3 Å². The van der Waals surface area contributed by atoms with E-state index < -0.39 is 56.2 Å². The number of aliphatic hydroxyl groups excluding tert-OH is 1. The average Bonchev–Trinajstić information content (AvgIpc) is 3.03. The van der Waals surface area contributed by atoms with Gasteiger partial charge in [0, 0.05) is 23.5 Å². The molecule has 2 saturated carbocycles. The van der Waals surface area contributed by atoms with Crippen molar-refractivity contribution in [3.63, 3.8) is 0 Å². The predicted molar refractivity (Wildman–Crippen MR) is 146 cm³/mol. The zero-order valence-corrected chi connectivity index (χ0v) is 23.4. The van der Waals surface area contributed by atoms with E-state index >= 15 is 0 Å². The molecule has 2 fully saturated rings. The summed E-state index contributed by atoms with van der Waals surface area (Å²) in [4.78, 5) is 16.9. The highest BCUT2D eigenvalue weighted by Gasteiger charge is 2.62. The molecule has 3 N–H and O–H groups in total. The summed E-state index contributed by atoms with van der Waals surface area (Å²) in [6.45, 7) is 3.81. The number of nitrogens with zero attached hydrogens (tertiary/aromatic N) is 1. The quantitative estimate of drug-likeness (QED) is 0.361. The van der Waals surface area contributed by atoms with Crippen molar-refractivity contribution < 1.29 is 32.2 Å². The highest BCUT2D eigenvalue weighted by molar-refractivity contribution is 7.92. The van der Waals surface area contributed by atoms with Crippen molar-refractivity contribution in [3.05, 3.63) is 88.2 Å². The number of aromatic nitrogens is 1. The second-order valence-corrected chi connectivity index (χ2v) is 13.5. The Labute approximate surface area is 236 Å². The molecule has 3 unspecified atom stereocenters. The van der Waals surface area contributed by atoms with Crippen LogP contribution in [0.3, 0.4) is 0 Å². The van der Waals surface area contributed by atoms with Crippen molar-refractivity contribution in [3.8, 4) is 0 Å². The van der Waals surface area contributed by atoms with Crippen LogP contribution in [0.5, 0.6) is 0 Å². The van der Waals surface area contributed by atoms with Crippen LogP contribution in [0.4, 0.5) is 14.5 Å². The Hall–Kier alpha value is -2.92. The van der Waals surface area contributed by atoms with Crippen molar-refractivity contribution >= 4 is 33.0 Å². The van der Waals surface area contributed by atoms with Gasteiger partial charge in [-0.1, -0.05) is 24.6 Å². The van der Waals surface area contributed by atoms with Gasteiger partial charge in [-0.15, -0.1) is 0 Å². The number of halogens is 3. The number of nitrogens with one attached hydrogen (secondary N) is 1. The van der Waals surface area contributed by atoms with Crippen LogP contribution in [0.25, 0.3) is 0 Å². The number of sulfone groups is 1. The summed E-state index contributed by atoms with van der Waals surface area (Å²) in [5.41, 5.74) is -0.323. The maximum Gasteiger partial charge on any atom is 0.255 e. The fraction of sp³-hybridized carbons (Fsp3) is 0.379. The smallest absolute Gasteiger partial charge is 0.255 e. The van der Waals surface area contributed by atoms with E-state index in [-0.39, 0.29) is 39.9 Å². The van der Waals surface area contributed by atoms with Crippen LogP contribution >= 0.6 is 11.6 Å². The van der Waals surface area contributed by atoms with Gasteiger partial charge in [-0.05, 0) is 85.9 Å². The van der Waals surface area contributed by atoms with Gasteiger partial charge in [-0.25, -0.2) is 17.2 Å². The van der Waals surface area contributed by atoms with Gasteiger partial charge in [-0.2, -0.15) is 0 Å². The van der Waals surface area contributed by atoms with Crippen molar-refractivity contribution in [2.24, 2.45) is 17.8 Å². The molecule has 3 aromatic rings. The van der Waals surface area contributed by atoms with Gasteiger partial charge in [0.2, 0.25) is 0 Å². The highest BCUT2D eigenvalue weighted by Crippen LogP contribution is 2.58. The zero-order valence-electron chi connectivity index (χ0n) is 21.8. The van der Waals surface area contributed by atoms with Gasteiger partial charge in [0.1, 0.15) is 11.7 Å². The van der Waals surface area contributed by atoms with E-state index in [0.29, 0.717) is 12.1 Å². The minimum absolute atomic E-state index is 0.00186. The number of rotatable bonds is 6. The van der Waals surface area contributed by atoms with Crippen LogP contribution in [-0.2, 0) is 9.84 Å². The maximum absolute atomic E-state index is 13.9. The van der Waals surface area contributed by atoms with Gasteiger partial charge in [0.15, 0.2) is 21.5 Å². The molecule has 2 aromatic carbocycles. The molecule has 11 heteroatoms. The van der Waals surface area contributed by atoms with Gasteiger partial charge >= 0.3 is 0 Å². The summed E-state index contributed by atoms with van der Waals surface area (Å²) in [7, 11) is -4.06. The first kappa shape index (κ1) is 28.6. The molecule has 212 valence electrons. The van der Waals surface area contributed by atoms with Gasteiger partial charge < -0.3 is 15.5 Å². The van der Waals surface area contributed by atoms with Gasteiger partial charge in [-0.3, -0.25) is 9.78 Å². The van der Waals surface area contributed by atoms with Crippen LogP contribution in [0.1, 0.15) is 53.9 Å². The van der Waals surface area contributed by atoms with E-state index in [4.69, 9.17) is 11.6 Å². The average molecular weight is 591 g/mol. The summed E-state index contributed by atoms with van der Waals surface area (Å²) in [5, 5.41) is 24.5. The molecular formula is C29H29ClF2N2O5S. The monoisotopic (exact) mass is 590 g/mol. The molecule has 2 aliphatic rings. The number of aliphatic hydroxyl groups is 2. The fourth-order valence-electron chi connectivity index (χ4n) is 6.34. The number of amides is 1. The Balaban J connectivity index is 1.41. The highest BCUT2D eigenvalue weighted by atomic mass is 35.5. The predicted octanol–water partition coefficient (Wildman–Crippen LogP) is 5.25. The van der Waals surface area contributed by atoms with E-state index in [1.54, 1.807) is 18.3 Å². The van der Waals surface area contributed by atoms with E-state index in [0.717, 1.165) is 17.7 Å². The summed E-state index contributed by atoms with van der Waals surface area (Å²) >= 11 is 6.32. The molecule has 40 heavy (non-hydrogen) atoms. The Kier molecular flexibility index (Phi) is 7.50. The molecule has 2 aliphatic carbocycles. The molecule has 7 nitrogen and oxygen atoms in total. The number of aryl methyl sites for hydroxylation is 1. The number of hydrogen-bond acceptors (Lipinski definition) is 6. The SMILES string of the molecule is Cc1ccc(C(O)[C@@]2(O)C3C[C@@H](S(=O)(=O)c4cc(C(=O)Nc5ccc(F)c(F)c5)ccc4Cl)CC2[C@@H](C)C3)nc1. The number of anilines is 1. The van der Waals surface area contributed by atoms with Gasteiger partial charge in [0.25, 0.3) is 5.91 Å². The second-order valence-electron chi connectivity index (χ2n) is 10.9. The molecule has 1 heterocycles. The topological polar surface area (TPSA) is 117 Å². The lowest BCUT2D eigenvalue weighted by Gasteiger charge is -2.45. The lowest BCUT2D eigenvalue weighted by molar-refractivity contribution is -0.149. The number of fused-ring (bicyclic) bond motifs is 2. The van der Waals surface area contributed by atoms with E-state index in [9.17, 15) is 32.2 Å². The van der Waals surface area contributed by atoms with Crippen LogP contribution in [-0.4, -0.2) is 40.4 Å². The van der Waals surface area contributed by atoms with Crippen molar-refractivity contribution in [1.29, 1.82) is 0 Å². The first-order valence-corrected chi connectivity index (χ1v) is 14.9. The molecule has 1 amide bonds. The van der Waals surface area contributed by atoms with E-state index in [1.807, 2.05) is 13.8 Å². The molecule has 0 saturated heterocycles. The number of carbonyl (C=O) groups excluding carboxylic acids is 1. The number of pyridine rings is 1. The Morgan fingerprint density at radius 1 is 1.10 bits per heavy atom. The van der Waals surface area contributed by atoms with Crippen molar-refractivity contribution in [1.82, 2.24) is 4.98 Å². The number of benzene rings is 2. The molecular weight excluding hydrogens is 562 g/mol. The number of carbonyl (C=O) groups is 1. The third-order valence-corrected chi connectivity index (χ3v) is 11.1. The Morgan fingerprint density at radius 2 is 1.85 bits per heavy atom. The third-order valence-electron chi connectivity index (χ3n) is 8.42. The molecule has 5 rings (SSSR count). The fourth-order valence-corrected chi connectivity index (χ4v) is 8.72. The summed E-state index contributed by atoms with van der Waals surface area (Å²) in [5.74, 6) is -3.98. The largest absolute Gasteiger partial charge is 0.386 e. The normalized spacial score (nSPS) is 26.9. The minimum atomic E-state index is -4.06. The minimum Gasteiger partial charge on any atom is -0.386 e. The summed E-state index contributed by atoms with van der Waals surface area (Å²) < 4.78 is 54.6. The van der Waals surface area contributed by atoms with Crippen LogP contribution in [0, 0.1) is 36.3 Å². The Morgan fingerprint density at radius 3 is 2.50 bits per heavy atom. The van der Waals surface area contributed by atoms with Crippen LogP contribution in [0.15, 0.2) is 59.6 Å². The van der Waals surface area contributed by atoms with Crippen LogP contribution in [0.2, 0.25) is 5.02 Å². The lowest BCUT2D eigenvalue weighted by Crippen LogP contribution is -2.52. The molecule has 1 aromatic heterocycles. The second kappa shape index (κ2) is 10.5. The standard InChI is InChI=1S/C29H29ClF2N2O5S/c1-15-3-8-25(33-14-15)27(35)29(37)18-9-16(2)21(29)13-20(11-18)40(38,39)26-10-17(4-6-22(26)30)28(36)34-19-5-7-23(31)24(32)12-19/h3-8,10,12,14,16,18,20-21,27,35,37H,9,11,13H2,1-2H3,(H,34,36)/t16-,18?,20+,21?,27?,29+/m0/s1. The first-order valence-electron chi connectivity index (χ1n) is 12.9. The van der Waals surface area contributed by atoms with Crippen LogP contribution < -0.4 is 5.32 Å². The zero-order chi connectivity index (χ0) is 29.0. The molecule has 0 radical (unpaired) electrons.